The quantitative estimate of drug-likeness (QED) is 0.351. The molecule has 0 bridgehead atoms. The molecule has 0 N–H and O–H groups in total. The highest BCUT2D eigenvalue weighted by Crippen LogP contribution is 2.43. The molecule has 1 aliphatic rings. The molecule has 2 aromatic heterocycles. The van der Waals surface area contributed by atoms with E-state index < -0.39 is 11.9 Å². The summed E-state index contributed by atoms with van der Waals surface area (Å²) in [6.07, 6.45) is 0. The van der Waals surface area contributed by atoms with Gasteiger partial charge in [0, 0.05) is 5.69 Å². The van der Waals surface area contributed by atoms with Crippen LogP contribution in [0.25, 0.3) is 11.0 Å². The van der Waals surface area contributed by atoms with Gasteiger partial charge in [-0.05, 0) is 87.7 Å². The number of pyridine rings is 1. The van der Waals surface area contributed by atoms with Crippen LogP contribution in [-0.4, -0.2) is 24.1 Å². The minimum atomic E-state index is -0.737. The lowest BCUT2D eigenvalue weighted by molar-refractivity contribution is 0.0970. The molecule has 7 heteroatoms. The van der Waals surface area contributed by atoms with Gasteiger partial charge in [0.05, 0.1) is 30.2 Å². The number of nitrogens with zero attached hydrogens (tertiary/aromatic N) is 2. The van der Waals surface area contributed by atoms with E-state index in [1.165, 1.54) is 4.90 Å². The van der Waals surface area contributed by atoms with Crippen molar-refractivity contribution < 1.29 is 18.7 Å². The summed E-state index contributed by atoms with van der Waals surface area (Å²) in [5.74, 6) is 1.23. The average Bonchev–Trinajstić information content (AvgIpc) is 3.14. The first-order valence-corrected chi connectivity index (χ1v) is 12.1. The SMILES string of the molecule is CCOc1ccc(C2c3c(oc4cc(C)c(C)cc4c3=O)C(=O)N2c2cccc(C)n2)cc1OCC. The van der Waals surface area contributed by atoms with Crippen LogP contribution < -0.4 is 19.8 Å². The van der Waals surface area contributed by atoms with Crippen LogP contribution in [0.3, 0.4) is 0 Å². The fraction of sp³-hybridized carbons (Fsp3) is 0.276. The molecule has 1 aliphatic heterocycles. The highest BCUT2D eigenvalue weighted by molar-refractivity contribution is 6.10. The highest BCUT2D eigenvalue weighted by atomic mass is 16.5. The van der Waals surface area contributed by atoms with Gasteiger partial charge in [0.1, 0.15) is 11.4 Å². The Bertz CT molecular complexity index is 1560. The van der Waals surface area contributed by atoms with Gasteiger partial charge in [-0.15, -0.1) is 0 Å². The van der Waals surface area contributed by atoms with Gasteiger partial charge >= 0.3 is 0 Å². The Kier molecular flexibility index (Phi) is 6.00. The molecule has 184 valence electrons. The van der Waals surface area contributed by atoms with Crippen molar-refractivity contribution in [3.63, 3.8) is 0 Å². The van der Waals surface area contributed by atoms with Crippen LogP contribution in [0.4, 0.5) is 5.82 Å². The number of carbonyl (C=O) groups is 1. The van der Waals surface area contributed by atoms with Crippen LogP contribution >= 0.6 is 0 Å². The number of aryl methyl sites for hydroxylation is 3. The third-order valence-corrected chi connectivity index (χ3v) is 6.49. The lowest BCUT2D eigenvalue weighted by atomic mass is 9.97. The smallest absolute Gasteiger partial charge is 0.296 e. The molecule has 0 saturated carbocycles. The van der Waals surface area contributed by atoms with Crippen molar-refractivity contribution >= 4 is 22.7 Å². The Morgan fingerprint density at radius 3 is 2.36 bits per heavy atom. The fourth-order valence-corrected chi connectivity index (χ4v) is 4.68. The zero-order chi connectivity index (χ0) is 25.6. The molecule has 1 unspecified atom stereocenters. The van der Waals surface area contributed by atoms with Crippen molar-refractivity contribution in [3.8, 4) is 11.5 Å². The average molecular weight is 485 g/mol. The second kappa shape index (κ2) is 9.15. The molecule has 0 fully saturated rings. The standard InChI is InChI=1S/C29H28N2O5/c1-6-34-21-12-11-19(15-23(21)35-7-2)26-25-27(32)20-13-16(3)17(4)14-22(20)36-28(25)29(33)31(26)24-10-8-9-18(5)30-24/h8-15,26H,6-7H2,1-5H3. The summed E-state index contributed by atoms with van der Waals surface area (Å²) in [5, 5.41) is 0.449. The summed E-state index contributed by atoms with van der Waals surface area (Å²) in [5.41, 5.74) is 3.89. The molecular weight excluding hydrogens is 456 g/mol. The summed E-state index contributed by atoms with van der Waals surface area (Å²) in [6.45, 7) is 10.5. The highest BCUT2D eigenvalue weighted by Gasteiger charge is 2.44. The summed E-state index contributed by atoms with van der Waals surface area (Å²) >= 11 is 0. The fourth-order valence-electron chi connectivity index (χ4n) is 4.68. The lowest BCUT2D eigenvalue weighted by Crippen LogP contribution is -2.30. The van der Waals surface area contributed by atoms with Gasteiger partial charge in [0.2, 0.25) is 5.76 Å². The third kappa shape index (κ3) is 3.81. The minimum absolute atomic E-state index is 0.0379. The van der Waals surface area contributed by atoms with E-state index in [-0.39, 0.29) is 11.2 Å². The molecular formula is C29H28N2O5. The van der Waals surface area contributed by atoms with E-state index in [2.05, 4.69) is 4.98 Å². The number of fused-ring (bicyclic) bond motifs is 2. The van der Waals surface area contributed by atoms with E-state index in [0.717, 1.165) is 16.8 Å². The lowest BCUT2D eigenvalue weighted by Gasteiger charge is -2.25. The number of hydrogen-bond acceptors (Lipinski definition) is 6. The number of hydrogen-bond donors (Lipinski definition) is 0. The number of anilines is 1. The second-order valence-electron chi connectivity index (χ2n) is 8.89. The third-order valence-electron chi connectivity index (χ3n) is 6.49. The van der Waals surface area contributed by atoms with Gasteiger partial charge in [-0.1, -0.05) is 12.1 Å². The summed E-state index contributed by atoms with van der Waals surface area (Å²) in [4.78, 5) is 33.9. The summed E-state index contributed by atoms with van der Waals surface area (Å²) < 4.78 is 17.7. The van der Waals surface area contributed by atoms with Crippen molar-refractivity contribution in [3.05, 3.63) is 92.5 Å². The zero-order valence-electron chi connectivity index (χ0n) is 21.0. The Labute approximate surface area is 209 Å². The van der Waals surface area contributed by atoms with E-state index in [1.54, 1.807) is 6.07 Å². The van der Waals surface area contributed by atoms with E-state index in [1.807, 2.05) is 77.1 Å². The van der Waals surface area contributed by atoms with Gasteiger partial charge < -0.3 is 13.9 Å². The molecule has 1 amide bonds. The van der Waals surface area contributed by atoms with Crippen molar-refractivity contribution in [2.45, 2.75) is 40.7 Å². The number of aromatic nitrogens is 1. The second-order valence-corrected chi connectivity index (χ2v) is 8.89. The van der Waals surface area contributed by atoms with Crippen LogP contribution in [0, 0.1) is 20.8 Å². The first-order valence-electron chi connectivity index (χ1n) is 12.1. The van der Waals surface area contributed by atoms with Crippen LogP contribution in [0.5, 0.6) is 11.5 Å². The summed E-state index contributed by atoms with van der Waals surface area (Å²) in [6, 6.07) is 13.9. The van der Waals surface area contributed by atoms with Gasteiger partial charge in [-0.25, -0.2) is 4.98 Å². The van der Waals surface area contributed by atoms with Gasteiger partial charge in [0.25, 0.3) is 5.91 Å². The molecule has 0 aliphatic carbocycles. The van der Waals surface area contributed by atoms with Crippen LogP contribution in [0.1, 0.15) is 58.4 Å². The molecule has 7 nitrogen and oxygen atoms in total. The Balaban J connectivity index is 1.80. The number of benzene rings is 2. The van der Waals surface area contributed by atoms with E-state index in [0.29, 0.717) is 52.6 Å². The van der Waals surface area contributed by atoms with Gasteiger partial charge in [0.15, 0.2) is 16.9 Å². The van der Waals surface area contributed by atoms with Crippen molar-refractivity contribution in [1.82, 2.24) is 4.98 Å². The van der Waals surface area contributed by atoms with E-state index in [4.69, 9.17) is 13.9 Å². The molecule has 5 rings (SSSR count). The number of rotatable bonds is 6. The van der Waals surface area contributed by atoms with Crippen molar-refractivity contribution in [2.24, 2.45) is 0 Å². The Morgan fingerprint density at radius 1 is 0.917 bits per heavy atom. The molecule has 0 spiro atoms. The summed E-state index contributed by atoms with van der Waals surface area (Å²) in [7, 11) is 0. The van der Waals surface area contributed by atoms with Gasteiger partial charge in [-0.2, -0.15) is 0 Å². The Hall–Kier alpha value is -4.13. The van der Waals surface area contributed by atoms with E-state index in [9.17, 15) is 9.59 Å². The molecule has 2 aromatic carbocycles. The monoisotopic (exact) mass is 484 g/mol. The van der Waals surface area contributed by atoms with Crippen molar-refractivity contribution in [1.29, 1.82) is 0 Å². The molecule has 1 atom stereocenters. The number of carbonyl (C=O) groups excluding carboxylic acids is 1. The molecule has 4 aromatic rings. The molecule has 0 radical (unpaired) electrons. The Morgan fingerprint density at radius 2 is 1.64 bits per heavy atom. The molecule has 3 heterocycles. The normalized spacial score (nSPS) is 14.9. The predicted octanol–water partition coefficient (Wildman–Crippen LogP) is 5.66. The van der Waals surface area contributed by atoms with E-state index >= 15 is 0 Å². The maximum absolute atomic E-state index is 13.9. The van der Waals surface area contributed by atoms with Crippen LogP contribution in [0.2, 0.25) is 0 Å². The number of ether oxygens (including phenoxy) is 2. The molecule has 36 heavy (non-hydrogen) atoms. The zero-order valence-corrected chi connectivity index (χ0v) is 21.0. The van der Waals surface area contributed by atoms with Crippen LogP contribution in [-0.2, 0) is 0 Å². The minimum Gasteiger partial charge on any atom is -0.490 e. The topological polar surface area (TPSA) is 81.9 Å². The first-order chi connectivity index (χ1) is 17.3. The van der Waals surface area contributed by atoms with Crippen molar-refractivity contribution in [2.75, 3.05) is 18.1 Å². The van der Waals surface area contributed by atoms with Crippen LogP contribution in [0.15, 0.2) is 57.7 Å². The molecule has 0 saturated heterocycles. The largest absolute Gasteiger partial charge is 0.490 e. The maximum Gasteiger partial charge on any atom is 0.296 e. The maximum atomic E-state index is 13.9. The first kappa shape index (κ1) is 23.6. The number of amides is 1. The predicted molar refractivity (Wildman–Crippen MR) is 138 cm³/mol. The van der Waals surface area contributed by atoms with Gasteiger partial charge in [-0.3, -0.25) is 14.5 Å².